The van der Waals surface area contributed by atoms with Crippen LogP contribution < -0.4 is 16.2 Å². The Labute approximate surface area is 197 Å². The molecule has 3 N–H and O–H groups in total. The largest absolute Gasteiger partial charge is 0.322 e. The number of halogens is 1. The highest BCUT2D eigenvalue weighted by atomic mass is 19.1. The highest BCUT2D eigenvalue weighted by molar-refractivity contribution is 6.04. The lowest BCUT2D eigenvalue weighted by Gasteiger charge is -2.19. The molecule has 174 valence electrons. The number of anilines is 1. The first kappa shape index (κ1) is 24.4. The van der Waals surface area contributed by atoms with E-state index in [-0.39, 0.29) is 17.1 Å². The summed E-state index contributed by atoms with van der Waals surface area (Å²) in [5, 5.41) is 2.80. The van der Waals surface area contributed by atoms with Gasteiger partial charge in [-0.05, 0) is 71.1 Å². The number of carbonyl (C=O) groups excluding carboxylic acids is 3. The molecule has 0 aliphatic rings. The average molecular weight is 460 g/mol. The van der Waals surface area contributed by atoms with Gasteiger partial charge in [0, 0.05) is 22.9 Å². The Balaban J connectivity index is 1.51. The van der Waals surface area contributed by atoms with Crippen LogP contribution >= 0.6 is 0 Å². The molecule has 0 atom stereocenters. The van der Waals surface area contributed by atoms with Crippen LogP contribution in [0.4, 0.5) is 10.1 Å². The number of hydrazine groups is 1. The first-order valence-corrected chi connectivity index (χ1v) is 10.7. The van der Waals surface area contributed by atoms with Crippen LogP contribution in [-0.4, -0.2) is 17.7 Å². The maximum absolute atomic E-state index is 12.9. The fraction of sp³-hybridized carbons (Fsp3) is 0.148. The molecule has 34 heavy (non-hydrogen) atoms. The maximum atomic E-state index is 12.9. The predicted octanol–water partition coefficient (Wildman–Crippen LogP) is 4.85. The van der Waals surface area contributed by atoms with Gasteiger partial charge in [0.15, 0.2) is 0 Å². The van der Waals surface area contributed by atoms with Crippen LogP contribution in [0.3, 0.4) is 0 Å². The van der Waals surface area contributed by atoms with Crippen molar-refractivity contribution in [1.29, 1.82) is 0 Å². The van der Waals surface area contributed by atoms with Gasteiger partial charge in [-0.1, -0.05) is 45.0 Å². The number of carbonyl (C=O) groups is 3. The van der Waals surface area contributed by atoms with E-state index in [0.717, 1.165) is 5.56 Å². The number of nitrogens with one attached hydrogen (secondary N) is 3. The highest BCUT2D eigenvalue weighted by Crippen LogP contribution is 2.22. The van der Waals surface area contributed by atoms with Crippen molar-refractivity contribution < 1.29 is 18.8 Å². The molecule has 0 aromatic heterocycles. The van der Waals surface area contributed by atoms with Gasteiger partial charge in [0.05, 0.1) is 0 Å². The molecule has 3 aromatic carbocycles. The van der Waals surface area contributed by atoms with E-state index >= 15 is 0 Å². The second-order valence-corrected chi connectivity index (χ2v) is 8.69. The maximum Gasteiger partial charge on any atom is 0.269 e. The number of benzene rings is 3. The van der Waals surface area contributed by atoms with Gasteiger partial charge in [-0.25, -0.2) is 4.39 Å². The minimum atomic E-state index is -0.543. The zero-order valence-corrected chi connectivity index (χ0v) is 19.2. The molecule has 3 amide bonds. The summed E-state index contributed by atoms with van der Waals surface area (Å²) in [5.74, 6) is -1.68. The van der Waals surface area contributed by atoms with Gasteiger partial charge in [-0.2, -0.15) is 0 Å². The number of amides is 3. The molecule has 0 aliphatic heterocycles. The minimum Gasteiger partial charge on any atom is -0.322 e. The van der Waals surface area contributed by atoms with E-state index < -0.39 is 11.8 Å². The Morgan fingerprint density at radius 2 is 1.29 bits per heavy atom. The summed E-state index contributed by atoms with van der Waals surface area (Å²) in [5.41, 5.74) is 7.74. The summed E-state index contributed by atoms with van der Waals surface area (Å²) in [4.78, 5) is 36.6. The molecule has 7 heteroatoms. The second kappa shape index (κ2) is 10.6. The number of rotatable bonds is 5. The molecule has 0 aliphatic carbocycles. The van der Waals surface area contributed by atoms with Crippen LogP contribution in [0.15, 0.2) is 78.9 Å². The first-order chi connectivity index (χ1) is 16.1. The van der Waals surface area contributed by atoms with E-state index in [1.165, 1.54) is 48.6 Å². The van der Waals surface area contributed by atoms with Crippen LogP contribution in [-0.2, 0) is 10.2 Å². The monoisotopic (exact) mass is 459 g/mol. The molecule has 3 rings (SSSR count). The summed E-state index contributed by atoms with van der Waals surface area (Å²) >= 11 is 0. The molecule has 0 saturated heterocycles. The smallest absolute Gasteiger partial charge is 0.269 e. The Morgan fingerprint density at radius 3 is 1.88 bits per heavy atom. The van der Waals surface area contributed by atoms with E-state index in [0.29, 0.717) is 22.4 Å². The van der Waals surface area contributed by atoms with Gasteiger partial charge in [-0.3, -0.25) is 25.2 Å². The van der Waals surface area contributed by atoms with E-state index in [1.54, 1.807) is 24.3 Å². The lowest BCUT2D eigenvalue weighted by molar-refractivity contribution is -0.117. The van der Waals surface area contributed by atoms with Crippen LogP contribution in [0.2, 0.25) is 0 Å². The quantitative estimate of drug-likeness (QED) is 0.377. The van der Waals surface area contributed by atoms with Gasteiger partial charge < -0.3 is 5.32 Å². The second-order valence-electron chi connectivity index (χ2n) is 8.69. The van der Waals surface area contributed by atoms with E-state index in [4.69, 9.17) is 0 Å². The van der Waals surface area contributed by atoms with Crippen molar-refractivity contribution in [2.24, 2.45) is 0 Å². The fourth-order valence-electron chi connectivity index (χ4n) is 3.01. The Bertz CT molecular complexity index is 1190. The van der Waals surface area contributed by atoms with Crippen molar-refractivity contribution in [3.63, 3.8) is 0 Å². The van der Waals surface area contributed by atoms with Crippen LogP contribution in [0.1, 0.15) is 52.6 Å². The zero-order valence-electron chi connectivity index (χ0n) is 19.2. The third kappa shape index (κ3) is 6.87. The molecular weight excluding hydrogens is 433 g/mol. The Kier molecular flexibility index (Phi) is 7.58. The summed E-state index contributed by atoms with van der Waals surface area (Å²) in [6.45, 7) is 6.32. The molecule has 0 bridgehead atoms. The number of hydrogen-bond acceptors (Lipinski definition) is 3. The third-order valence-corrected chi connectivity index (χ3v) is 5.01. The average Bonchev–Trinajstić information content (AvgIpc) is 2.82. The lowest BCUT2D eigenvalue weighted by atomic mass is 9.87. The Morgan fingerprint density at radius 1 is 0.735 bits per heavy atom. The number of hydrogen-bond donors (Lipinski definition) is 3. The standard InChI is InChI=1S/C27H26FN3O3/c1-27(2,3)21-11-7-19(8-12-21)25(33)29-23-15-9-20(10-16-23)26(34)31-30-24(32)17-6-18-4-13-22(28)14-5-18/h4-17H,1-3H3,(H,29,33)(H,30,32)(H,31,34)/b17-6+. The molecule has 6 nitrogen and oxygen atoms in total. The van der Waals surface area contributed by atoms with Gasteiger partial charge >= 0.3 is 0 Å². The van der Waals surface area contributed by atoms with Crippen molar-refractivity contribution in [3.8, 4) is 0 Å². The van der Waals surface area contributed by atoms with Gasteiger partial charge in [-0.15, -0.1) is 0 Å². The normalized spacial score (nSPS) is 11.2. The minimum absolute atomic E-state index is 0.00374. The van der Waals surface area contributed by atoms with Gasteiger partial charge in [0.1, 0.15) is 5.82 Å². The van der Waals surface area contributed by atoms with Crippen LogP contribution in [0.5, 0.6) is 0 Å². The van der Waals surface area contributed by atoms with Crippen molar-refractivity contribution in [1.82, 2.24) is 10.9 Å². The summed E-state index contributed by atoms with van der Waals surface area (Å²) in [6, 6.07) is 19.3. The molecule has 0 fully saturated rings. The SMILES string of the molecule is CC(C)(C)c1ccc(C(=O)Nc2ccc(C(=O)NNC(=O)/C=C/c3ccc(F)cc3)cc2)cc1. The fourth-order valence-corrected chi connectivity index (χ4v) is 3.01. The molecular formula is C27H26FN3O3. The van der Waals surface area contributed by atoms with E-state index in [1.807, 2.05) is 12.1 Å². The van der Waals surface area contributed by atoms with Gasteiger partial charge in [0.25, 0.3) is 17.7 Å². The van der Waals surface area contributed by atoms with E-state index in [2.05, 4.69) is 36.9 Å². The summed E-state index contributed by atoms with van der Waals surface area (Å²) in [6.07, 6.45) is 2.72. The lowest BCUT2D eigenvalue weighted by Crippen LogP contribution is -2.40. The van der Waals surface area contributed by atoms with Crippen LogP contribution in [0.25, 0.3) is 6.08 Å². The summed E-state index contributed by atoms with van der Waals surface area (Å²) in [7, 11) is 0. The molecule has 3 aromatic rings. The highest BCUT2D eigenvalue weighted by Gasteiger charge is 2.14. The topological polar surface area (TPSA) is 87.3 Å². The molecule has 0 saturated carbocycles. The van der Waals surface area contributed by atoms with Crippen LogP contribution in [0, 0.1) is 5.82 Å². The predicted molar refractivity (Wildman–Crippen MR) is 131 cm³/mol. The molecule has 0 unspecified atom stereocenters. The van der Waals surface area contributed by atoms with Crippen molar-refractivity contribution in [2.45, 2.75) is 26.2 Å². The molecule has 0 radical (unpaired) electrons. The molecule has 0 heterocycles. The van der Waals surface area contributed by atoms with E-state index in [9.17, 15) is 18.8 Å². The van der Waals surface area contributed by atoms with Crippen molar-refractivity contribution in [2.75, 3.05) is 5.32 Å². The zero-order chi connectivity index (χ0) is 24.7. The third-order valence-electron chi connectivity index (χ3n) is 5.01. The molecule has 0 spiro atoms. The van der Waals surface area contributed by atoms with Crippen molar-refractivity contribution >= 4 is 29.5 Å². The van der Waals surface area contributed by atoms with Crippen molar-refractivity contribution in [3.05, 3.63) is 107 Å². The summed E-state index contributed by atoms with van der Waals surface area (Å²) < 4.78 is 12.9. The van der Waals surface area contributed by atoms with Gasteiger partial charge in [0.2, 0.25) is 0 Å². The first-order valence-electron chi connectivity index (χ1n) is 10.7. The Hall–Kier alpha value is -4.26.